The van der Waals surface area contributed by atoms with E-state index in [4.69, 9.17) is 16.3 Å². The van der Waals surface area contributed by atoms with E-state index < -0.39 is 23.2 Å². The molecule has 0 aliphatic heterocycles. The highest BCUT2D eigenvalue weighted by atomic mass is 35.5. The number of aromatic nitrogens is 3. The topological polar surface area (TPSA) is 62.8 Å². The predicted octanol–water partition coefficient (Wildman–Crippen LogP) is 5.04. The number of aromatic amines is 1. The van der Waals surface area contributed by atoms with E-state index in [2.05, 4.69) is 20.7 Å². The Kier molecular flexibility index (Phi) is 4.73. The molecule has 0 unspecified atom stereocenters. The number of anilines is 2. The van der Waals surface area contributed by atoms with Crippen molar-refractivity contribution >= 4 is 23.1 Å². The molecule has 1 aromatic heterocycles. The van der Waals surface area contributed by atoms with Crippen molar-refractivity contribution in [1.82, 2.24) is 15.4 Å². The summed E-state index contributed by atoms with van der Waals surface area (Å²) in [6.07, 6.45) is -3.72. The maximum atomic E-state index is 14.2. The fourth-order valence-corrected chi connectivity index (χ4v) is 2.72. The van der Waals surface area contributed by atoms with Gasteiger partial charge >= 0.3 is 6.18 Å². The molecule has 2 aromatic carbocycles. The van der Waals surface area contributed by atoms with Gasteiger partial charge in [0.1, 0.15) is 11.6 Å². The number of halogens is 5. The van der Waals surface area contributed by atoms with E-state index in [9.17, 15) is 17.6 Å². The lowest BCUT2D eigenvalue weighted by Gasteiger charge is -2.19. The molecule has 0 atom stereocenters. The lowest BCUT2D eigenvalue weighted by molar-refractivity contribution is -0.136. The first-order valence-corrected chi connectivity index (χ1v) is 7.55. The Labute approximate surface area is 149 Å². The van der Waals surface area contributed by atoms with Crippen LogP contribution in [0.2, 0.25) is 5.02 Å². The first-order chi connectivity index (χ1) is 12.3. The van der Waals surface area contributed by atoms with Gasteiger partial charge in [-0.3, -0.25) is 0 Å². The van der Waals surface area contributed by atoms with Gasteiger partial charge in [0.2, 0.25) is 0 Å². The van der Waals surface area contributed by atoms with Crippen LogP contribution in [0.4, 0.5) is 29.1 Å². The van der Waals surface area contributed by atoms with Gasteiger partial charge < -0.3 is 10.1 Å². The Morgan fingerprint density at radius 2 is 1.88 bits per heavy atom. The monoisotopic (exact) mass is 386 g/mol. The maximum Gasteiger partial charge on any atom is 0.419 e. The van der Waals surface area contributed by atoms with Crippen molar-refractivity contribution in [3.8, 4) is 16.9 Å². The smallest absolute Gasteiger partial charge is 0.419 e. The first kappa shape index (κ1) is 18.0. The Morgan fingerprint density at radius 3 is 2.46 bits per heavy atom. The highest BCUT2D eigenvalue weighted by molar-refractivity contribution is 6.33. The second-order valence-electron chi connectivity index (χ2n) is 5.17. The molecular weight excluding hydrogens is 376 g/mol. The van der Waals surface area contributed by atoms with Gasteiger partial charge in [0.05, 0.1) is 29.6 Å². The minimum Gasteiger partial charge on any atom is -0.497 e. The van der Waals surface area contributed by atoms with Crippen LogP contribution in [0.5, 0.6) is 5.75 Å². The summed E-state index contributed by atoms with van der Waals surface area (Å²) in [5.41, 5.74) is -2.16. The highest BCUT2D eigenvalue weighted by Crippen LogP contribution is 2.45. The largest absolute Gasteiger partial charge is 0.497 e. The van der Waals surface area contributed by atoms with Crippen molar-refractivity contribution in [1.29, 1.82) is 0 Å². The molecule has 136 valence electrons. The molecule has 0 saturated heterocycles. The predicted molar refractivity (Wildman–Crippen MR) is 88.1 cm³/mol. The number of hydrogen-bond acceptors (Lipinski definition) is 4. The van der Waals surface area contributed by atoms with Crippen molar-refractivity contribution in [2.24, 2.45) is 0 Å². The average Bonchev–Trinajstić information content (AvgIpc) is 3.08. The third kappa shape index (κ3) is 3.43. The van der Waals surface area contributed by atoms with Crippen molar-refractivity contribution in [3.05, 3.63) is 52.9 Å². The Morgan fingerprint density at radius 1 is 1.15 bits per heavy atom. The van der Waals surface area contributed by atoms with Gasteiger partial charge in [0, 0.05) is 5.56 Å². The fourth-order valence-electron chi connectivity index (χ4n) is 2.45. The molecule has 5 nitrogen and oxygen atoms in total. The third-order valence-electron chi connectivity index (χ3n) is 3.57. The minimum atomic E-state index is -4.85. The molecule has 0 aliphatic rings. The summed E-state index contributed by atoms with van der Waals surface area (Å²) in [6.45, 7) is 0. The van der Waals surface area contributed by atoms with Crippen LogP contribution in [0.15, 0.2) is 36.5 Å². The summed E-state index contributed by atoms with van der Waals surface area (Å²) in [5.74, 6) is -0.767. The van der Waals surface area contributed by atoms with E-state index in [1.807, 2.05) is 0 Å². The molecule has 0 radical (unpaired) electrons. The molecule has 1 heterocycles. The van der Waals surface area contributed by atoms with Crippen LogP contribution in [0, 0.1) is 5.82 Å². The number of hydrogen-bond donors (Lipinski definition) is 2. The van der Waals surface area contributed by atoms with Crippen LogP contribution in [-0.4, -0.2) is 22.5 Å². The van der Waals surface area contributed by atoms with Crippen molar-refractivity contribution in [3.63, 3.8) is 0 Å². The second-order valence-corrected chi connectivity index (χ2v) is 5.58. The van der Waals surface area contributed by atoms with Crippen LogP contribution >= 0.6 is 11.6 Å². The van der Waals surface area contributed by atoms with E-state index in [1.54, 1.807) is 0 Å². The van der Waals surface area contributed by atoms with Gasteiger partial charge in [-0.15, -0.1) is 5.10 Å². The maximum absolute atomic E-state index is 14.2. The minimum absolute atomic E-state index is 0.0360. The molecule has 0 fully saturated rings. The molecular formula is C16H11ClF4N4O. The van der Waals surface area contributed by atoms with Crippen molar-refractivity contribution < 1.29 is 22.3 Å². The normalized spacial score (nSPS) is 11.5. The molecule has 0 amide bonds. The van der Waals surface area contributed by atoms with E-state index in [0.717, 1.165) is 18.3 Å². The number of rotatable bonds is 4. The zero-order chi connectivity index (χ0) is 18.9. The van der Waals surface area contributed by atoms with Gasteiger partial charge in [-0.1, -0.05) is 17.7 Å². The third-order valence-corrected chi connectivity index (χ3v) is 3.89. The standard InChI is InChI=1S/C16H11ClF4N4O/c1-26-8-2-3-9(11(17)6-8)10-4-5-12(18)15(14(10)16(19,20)21)23-13-7-22-25-24-13/h2-7H,1H3,(H2,22,23,24,25). The van der Waals surface area contributed by atoms with Crippen molar-refractivity contribution in [2.45, 2.75) is 6.18 Å². The first-order valence-electron chi connectivity index (χ1n) is 7.17. The number of nitrogens with one attached hydrogen (secondary N) is 2. The second kappa shape index (κ2) is 6.83. The highest BCUT2D eigenvalue weighted by Gasteiger charge is 2.38. The number of benzene rings is 2. The van der Waals surface area contributed by atoms with Crippen LogP contribution in [0.3, 0.4) is 0 Å². The van der Waals surface area contributed by atoms with E-state index in [0.29, 0.717) is 5.75 Å². The summed E-state index contributed by atoms with van der Waals surface area (Å²) in [4.78, 5) is 0. The number of nitrogens with zero attached hydrogens (tertiary/aromatic N) is 2. The average molecular weight is 387 g/mol. The lowest BCUT2D eigenvalue weighted by Crippen LogP contribution is -2.13. The summed E-state index contributed by atoms with van der Waals surface area (Å²) < 4.78 is 60.5. The molecule has 2 N–H and O–H groups in total. The summed E-state index contributed by atoms with van der Waals surface area (Å²) in [6, 6.07) is 6.18. The molecule has 26 heavy (non-hydrogen) atoms. The summed E-state index contributed by atoms with van der Waals surface area (Å²) in [5, 5.41) is 11.7. The van der Waals surface area contributed by atoms with Gasteiger partial charge in [0.25, 0.3) is 0 Å². The number of H-pyrrole nitrogens is 1. The molecule has 3 rings (SSSR count). The van der Waals surface area contributed by atoms with Gasteiger partial charge in [-0.2, -0.15) is 23.5 Å². The number of ether oxygens (including phenoxy) is 1. The molecule has 0 spiro atoms. The van der Waals surface area contributed by atoms with Crippen LogP contribution in [0.25, 0.3) is 11.1 Å². The Balaban J connectivity index is 2.23. The van der Waals surface area contributed by atoms with Crippen LogP contribution in [-0.2, 0) is 6.18 Å². The molecule has 3 aromatic rings. The summed E-state index contributed by atoms with van der Waals surface area (Å²) >= 11 is 6.11. The Bertz CT molecular complexity index is 929. The van der Waals surface area contributed by atoms with Crippen LogP contribution in [0.1, 0.15) is 5.56 Å². The van der Waals surface area contributed by atoms with Crippen molar-refractivity contribution in [2.75, 3.05) is 12.4 Å². The van der Waals surface area contributed by atoms with E-state index in [-0.39, 0.29) is 22.0 Å². The van der Waals surface area contributed by atoms with E-state index in [1.165, 1.54) is 25.3 Å². The van der Waals surface area contributed by atoms with Crippen LogP contribution < -0.4 is 10.1 Å². The quantitative estimate of drug-likeness (QED) is 0.617. The molecule has 0 aliphatic carbocycles. The van der Waals surface area contributed by atoms with E-state index >= 15 is 0 Å². The Hall–Kier alpha value is -2.81. The molecule has 10 heteroatoms. The fraction of sp³-hybridized carbons (Fsp3) is 0.125. The molecule has 0 saturated carbocycles. The lowest BCUT2D eigenvalue weighted by atomic mass is 9.97. The zero-order valence-corrected chi connectivity index (χ0v) is 13.9. The van der Waals surface area contributed by atoms with Gasteiger partial charge in [-0.25, -0.2) is 4.39 Å². The number of methoxy groups -OCH3 is 1. The van der Waals surface area contributed by atoms with Gasteiger partial charge in [-0.05, 0) is 29.8 Å². The number of alkyl halides is 3. The van der Waals surface area contributed by atoms with Gasteiger partial charge in [0.15, 0.2) is 5.82 Å². The SMILES string of the molecule is COc1ccc(-c2ccc(F)c(Nc3cn[nH]n3)c2C(F)(F)F)c(Cl)c1. The summed E-state index contributed by atoms with van der Waals surface area (Å²) in [7, 11) is 1.41. The molecule has 0 bridgehead atoms. The zero-order valence-electron chi connectivity index (χ0n) is 13.2.